The number of benzene rings is 2. The van der Waals surface area contributed by atoms with Gasteiger partial charge in [-0.1, -0.05) is 46.4 Å². The van der Waals surface area contributed by atoms with Crippen LogP contribution in [0.15, 0.2) is 24.3 Å². The first kappa shape index (κ1) is 17.7. The minimum absolute atomic E-state index is 0.166. The van der Waals surface area contributed by atoms with Gasteiger partial charge in [0.2, 0.25) is 11.6 Å². The summed E-state index contributed by atoms with van der Waals surface area (Å²) in [5, 5.41) is 1.00. The zero-order valence-electron chi connectivity index (χ0n) is 13.4. The number of halogens is 4. The van der Waals surface area contributed by atoms with Crippen molar-refractivity contribution in [3.63, 3.8) is 0 Å². The van der Waals surface area contributed by atoms with Gasteiger partial charge in [-0.3, -0.25) is 9.59 Å². The Hall–Kier alpha value is -2.38. The van der Waals surface area contributed by atoms with E-state index >= 15 is 0 Å². The molecule has 0 aliphatic heterocycles. The number of carbonyl (C=O) groups is 2. The van der Waals surface area contributed by atoms with Crippen molar-refractivity contribution >= 4 is 80.0 Å². The number of rotatable bonds is 0. The van der Waals surface area contributed by atoms with E-state index < -0.39 is 11.6 Å². The van der Waals surface area contributed by atoms with E-state index in [-0.39, 0.29) is 64.9 Å². The summed E-state index contributed by atoms with van der Waals surface area (Å²) in [6, 6.07) is 6.13. The Kier molecular flexibility index (Phi) is 3.83. The molecule has 10 heteroatoms. The van der Waals surface area contributed by atoms with E-state index in [4.69, 9.17) is 46.4 Å². The van der Waals surface area contributed by atoms with Gasteiger partial charge in [-0.05, 0) is 24.3 Å². The molecular formula is C18H4Cl4N4O2. The molecule has 0 saturated heterocycles. The fraction of sp³-hybridized carbons (Fsp3) is 0. The number of aromatic nitrogens is 4. The normalized spacial score (nSPS) is 13.1. The first-order valence-electron chi connectivity index (χ1n) is 7.77. The maximum Gasteiger partial charge on any atom is 0.234 e. The van der Waals surface area contributed by atoms with Crippen molar-refractivity contribution < 1.29 is 9.59 Å². The van der Waals surface area contributed by atoms with Crippen LogP contribution in [0.4, 0.5) is 0 Å². The predicted octanol–water partition coefficient (Wildman–Crippen LogP) is 4.96. The molecule has 136 valence electrons. The highest BCUT2D eigenvalue weighted by atomic mass is 35.5. The van der Waals surface area contributed by atoms with Gasteiger partial charge in [-0.25, -0.2) is 19.9 Å². The molecule has 1 aliphatic carbocycles. The molecule has 2 aromatic carbocycles. The molecule has 0 unspecified atom stereocenters. The molecule has 0 radical (unpaired) electrons. The molecule has 5 rings (SSSR count). The third kappa shape index (κ3) is 2.36. The third-order valence-electron chi connectivity index (χ3n) is 4.31. The second kappa shape index (κ2) is 6.06. The van der Waals surface area contributed by atoms with Crippen LogP contribution in [0.3, 0.4) is 0 Å². The molecule has 4 aromatic rings. The van der Waals surface area contributed by atoms with Crippen molar-refractivity contribution in [2.24, 2.45) is 0 Å². The van der Waals surface area contributed by atoms with Crippen molar-refractivity contribution in [2.45, 2.75) is 0 Å². The lowest BCUT2D eigenvalue weighted by atomic mass is 9.97. The molecule has 1 aliphatic rings. The standard InChI is InChI=1S/C18H4Cl4N4O2/c19-5-1-2-6(20)10-9(5)23-13-14(24-10)18(28)16-15(17(13)27)25-11-7(21)3-4-8(22)12(11)26-16/h1-4H. The lowest BCUT2D eigenvalue weighted by Gasteiger charge is -2.16. The van der Waals surface area contributed by atoms with Gasteiger partial charge in [-0.2, -0.15) is 0 Å². The number of carbonyl (C=O) groups excluding carboxylic acids is 2. The van der Waals surface area contributed by atoms with E-state index in [1.165, 1.54) is 24.3 Å². The minimum Gasteiger partial charge on any atom is -0.285 e. The summed E-state index contributed by atoms with van der Waals surface area (Å²) in [5.41, 5.74) is 0.197. The van der Waals surface area contributed by atoms with Crippen LogP contribution in [0.25, 0.3) is 22.1 Å². The Labute approximate surface area is 176 Å². The summed E-state index contributed by atoms with van der Waals surface area (Å²) < 4.78 is 0. The number of fused-ring (bicyclic) bond motifs is 4. The topological polar surface area (TPSA) is 85.7 Å². The van der Waals surface area contributed by atoms with Gasteiger partial charge in [0, 0.05) is 0 Å². The number of nitrogens with zero attached hydrogens (tertiary/aromatic N) is 4. The maximum atomic E-state index is 13.0. The van der Waals surface area contributed by atoms with Gasteiger partial charge >= 0.3 is 0 Å². The molecule has 0 saturated carbocycles. The molecule has 6 nitrogen and oxygen atoms in total. The molecule has 2 heterocycles. The van der Waals surface area contributed by atoms with Gasteiger partial charge < -0.3 is 0 Å². The number of hydrogen-bond acceptors (Lipinski definition) is 6. The lowest BCUT2D eigenvalue weighted by molar-refractivity contribution is 0.0965. The van der Waals surface area contributed by atoms with E-state index in [0.717, 1.165) is 0 Å². The van der Waals surface area contributed by atoms with E-state index in [0.29, 0.717) is 0 Å². The fourth-order valence-electron chi connectivity index (χ4n) is 3.00. The van der Waals surface area contributed by atoms with Crippen LogP contribution in [0.1, 0.15) is 32.4 Å². The molecule has 0 atom stereocenters. The van der Waals surface area contributed by atoms with Crippen molar-refractivity contribution in [3.05, 3.63) is 67.1 Å². The number of ketones is 2. The molecule has 0 spiro atoms. The molecular weight excluding hydrogens is 446 g/mol. The Balaban J connectivity index is 1.86. The number of hydrogen-bond donors (Lipinski definition) is 0. The van der Waals surface area contributed by atoms with Crippen LogP contribution in [-0.4, -0.2) is 31.5 Å². The molecule has 0 amide bonds. The highest BCUT2D eigenvalue weighted by molar-refractivity contribution is 6.41. The predicted molar refractivity (Wildman–Crippen MR) is 106 cm³/mol. The van der Waals surface area contributed by atoms with E-state index in [1.807, 2.05) is 0 Å². The van der Waals surface area contributed by atoms with E-state index in [9.17, 15) is 9.59 Å². The Bertz CT molecular complexity index is 1200. The van der Waals surface area contributed by atoms with Crippen LogP contribution in [0, 0.1) is 0 Å². The van der Waals surface area contributed by atoms with Gasteiger partial charge in [0.05, 0.1) is 20.1 Å². The van der Waals surface area contributed by atoms with E-state index in [2.05, 4.69) is 19.9 Å². The monoisotopic (exact) mass is 448 g/mol. The SMILES string of the molecule is O=C1c2nc3c(Cl)ccc(Cl)c3nc2C(=O)c2nc3c(Cl)ccc(Cl)c3nc21. The van der Waals surface area contributed by atoms with Crippen molar-refractivity contribution in [3.8, 4) is 0 Å². The first-order valence-corrected chi connectivity index (χ1v) is 9.29. The summed E-state index contributed by atoms with van der Waals surface area (Å²) in [5.74, 6) is -1.22. The highest BCUT2D eigenvalue weighted by Crippen LogP contribution is 2.33. The van der Waals surface area contributed by atoms with Crippen LogP contribution in [0.5, 0.6) is 0 Å². The molecule has 0 bridgehead atoms. The third-order valence-corrected chi connectivity index (χ3v) is 5.53. The van der Waals surface area contributed by atoms with E-state index in [1.54, 1.807) is 0 Å². The zero-order chi connectivity index (χ0) is 19.7. The average molecular weight is 450 g/mol. The minimum atomic E-state index is -0.611. The zero-order valence-corrected chi connectivity index (χ0v) is 16.5. The molecule has 0 N–H and O–H groups in total. The Morgan fingerprint density at radius 3 is 0.893 bits per heavy atom. The van der Waals surface area contributed by atoms with Crippen LogP contribution in [-0.2, 0) is 0 Å². The second-order valence-electron chi connectivity index (χ2n) is 5.95. The molecule has 2 aromatic heterocycles. The summed E-state index contributed by atoms with van der Waals surface area (Å²) in [7, 11) is 0. The molecule has 28 heavy (non-hydrogen) atoms. The summed E-state index contributed by atoms with van der Waals surface area (Å²) in [6.45, 7) is 0. The van der Waals surface area contributed by atoms with Crippen LogP contribution >= 0.6 is 46.4 Å². The molecule has 0 fully saturated rings. The Morgan fingerprint density at radius 2 is 0.679 bits per heavy atom. The summed E-state index contributed by atoms with van der Waals surface area (Å²) in [4.78, 5) is 43.0. The lowest BCUT2D eigenvalue weighted by Crippen LogP contribution is -2.26. The second-order valence-corrected chi connectivity index (χ2v) is 7.58. The summed E-state index contributed by atoms with van der Waals surface area (Å²) >= 11 is 24.6. The van der Waals surface area contributed by atoms with Crippen molar-refractivity contribution in [2.75, 3.05) is 0 Å². The Morgan fingerprint density at radius 1 is 0.464 bits per heavy atom. The fourth-order valence-corrected chi connectivity index (χ4v) is 3.78. The average Bonchev–Trinajstić information content (AvgIpc) is 2.70. The smallest absolute Gasteiger partial charge is 0.234 e. The summed E-state index contributed by atoms with van der Waals surface area (Å²) in [6.07, 6.45) is 0. The largest absolute Gasteiger partial charge is 0.285 e. The van der Waals surface area contributed by atoms with Crippen LogP contribution < -0.4 is 0 Å². The van der Waals surface area contributed by atoms with Crippen molar-refractivity contribution in [1.82, 2.24) is 19.9 Å². The van der Waals surface area contributed by atoms with Gasteiger partial charge in [0.15, 0.2) is 0 Å². The maximum absolute atomic E-state index is 13.0. The first-order chi connectivity index (χ1) is 13.4. The van der Waals surface area contributed by atoms with Gasteiger partial charge in [0.25, 0.3) is 0 Å². The van der Waals surface area contributed by atoms with Crippen molar-refractivity contribution in [1.29, 1.82) is 0 Å². The van der Waals surface area contributed by atoms with Crippen LogP contribution in [0.2, 0.25) is 20.1 Å². The highest BCUT2D eigenvalue weighted by Gasteiger charge is 2.36. The van der Waals surface area contributed by atoms with Gasteiger partial charge in [0.1, 0.15) is 44.8 Å². The van der Waals surface area contributed by atoms with Gasteiger partial charge in [-0.15, -0.1) is 0 Å². The quantitative estimate of drug-likeness (QED) is 0.332.